The molecule has 4 rings (SSSR count). The van der Waals surface area contributed by atoms with E-state index in [-0.39, 0.29) is 5.82 Å². The molecule has 3 aliphatic rings. The van der Waals surface area contributed by atoms with Gasteiger partial charge in [0, 0.05) is 6.04 Å². The Bertz CT molecular complexity index is 716. The van der Waals surface area contributed by atoms with Gasteiger partial charge in [0.2, 0.25) is 0 Å². The first-order valence-electron chi connectivity index (χ1n) is 13.6. The van der Waals surface area contributed by atoms with E-state index in [1.54, 1.807) is 0 Å². The minimum absolute atomic E-state index is 0.0655. The van der Waals surface area contributed by atoms with Crippen molar-refractivity contribution < 1.29 is 4.39 Å². The summed E-state index contributed by atoms with van der Waals surface area (Å²) in [7, 11) is 4.34. The molecule has 3 saturated carbocycles. The Balaban J connectivity index is 1.26. The van der Waals surface area contributed by atoms with Crippen LogP contribution in [0, 0.1) is 23.6 Å². The number of hydrogen-bond acceptors (Lipinski definition) is 1. The van der Waals surface area contributed by atoms with Crippen molar-refractivity contribution >= 4 is 0 Å². The maximum Gasteiger partial charge on any atom is 0.126 e. The summed E-state index contributed by atoms with van der Waals surface area (Å²) in [6.07, 6.45) is 20.2. The van der Waals surface area contributed by atoms with E-state index >= 15 is 4.39 Å². The van der Waals surface area contributed by atoms with Crippen LogP contribution in [-0.2, 0) is 0 Å². The number of nitrogens with zero attached hydrogens (tertiary/aromatic N) is 1. The molecule has 178 valence electrons. The SMILES string of the molecule is C=CCCC1CCC(C2CCC(c3ccc(C4CCC(N(C)C)CC4)c(F)c3)CC2)CC1. The summed E-state index contributed by atoms with van der Waals surface area (Å²) in [4.78, 5) is 2.33. The molecule has 1 aromatic rings. The zero-order chi connectivity index (χ0) is 22.5. The predicted octanol–water partition coefficient (Wildman–Crippen LogP) is 8.46. The fourth-order valence-electron chi connectivity index (χ4n) is 7.26. The van der Waals surface area contributed by atoms with Gasteiger partial charge in [0.05, 0.1) is 0 Å². The third kappa shape index (κ3) is 5.85. The van der Waals surface area contributed by atoms with Crippen LogP contribution in [0.3, 0.4) is 0 Å². The van der Waals surface area contributed by atoms with Crippen LogP contribution >= 0.6 is 0 Å². The molecule has 0 heterocycles. The average molecular weight is 440 g/mol. The summed E-state index contributed by atoms with van der Waals surface area (Å²) in [6.45, 7) is 3.88. The second-order valence-corrected chi connectivity index (χ2v) is 11.5. The van der Waals surface area contributed by atoms with Gasteiger partial charge in [0.25, 0.3) is 0 Å². The molecule has 0 saturated heterocycles. The van der Waals surface area contributed by atoms with Crippen LogP contribution in [0.1, 0.15) is 113 Å². The summed E-state index contributed by atoms with van der Waals surface area (Å²) in [5, 5.41) is 0. The molecule has 0 unspecified atom stereocenters. The normalized spacial score (nSPS) is 33.9. The quantitative estimate of drug-likeness (QED) is 0.385. The van der Waals surface area contributed by atoms with Crippen LogP contribution in [0.4, 0.5) is 4.39 Å². The van der Waals surface area contributed by atoms with Gasteiger partial charge in [-0.2, -0.15) is 0 Å². The molecular formula is C30H46FN. The van der Waals surface area contributed by atoms with Gasteiger partial charge in [-0.25, -0.2) is 4.39 Å². The fourth-order valence-corrected chi connectivity index (χ4v) is 7.26. The molecule has 2 heteroatoms. The molecule has 1 nitrogen and oxygen atoms in total. The van der Waals surface area contributed by atoms with Crippen molar-refractivity contribution in [3.63, 3.8) is 0 Å². The summed E-state index contributed by atoms with van der Waals surface area (Å²) in [5.74, 6) is 3.87. The fraction of sp³-hybridized carbons (Fsp3) is 0.733. The van der Waals surface area contributed by atoms with Gasteiger partial charge in [-0.1, -0.05) is 31.1 Å². The smallest absolute Gasteiger partial charge is 0.126 e. The lowest BCUT2D eigenvalue weighted by molar-refractivity contribution is 0.157. The predicted molar refractivity (Wildman–Crippen MR) is 135 cm³/mol. The van der Waals surface area contributed by atoms with E-state index in [0.717, 1.165) is 36.2 Å². The Morgan fingerprint density at radius 1 is 0.844 bits per heavy atom. The van der Waals surface area contributed by atoms with Crippen LogP contribution in [0.2, 0.25) is 0 Å². The van der Waals surface area contributed by atoms with Crippen molar-refractivity contribution in [1.82, 2.24) is 4.90 Å². The maximum atomic E-state index is 15.1. The molecule has 32 heavy (non-hydrogen) atoms. The number of rotatable bonds is 7. The standard InChI is InChI=1S/C30H46FN/c1-4-5-6-22-7-9-23(10-8-22)24-11-13-25(14-12-24)27-17-20-29(30(31)21-27)26-15-18-28(19-16-26)32(2)3/h4,17,20-26,28H,1,5-16,18-19H2,2-3H3. The molecule has 0 radical (unpaired) electrons. The average Bonchev–Trinajstić information content (AvgIpc) is 2.83. The Kier molecular flexibility index (Phi) is 8.49. The molecule has 0 aliphatic heterocycles. The van der Waals surface area contributed by atoms with Crippen LogP contribution in [0.5, 0.6) is 0 Å². The van der Waals surface area contributed by atoms with Gasteiger partial charge in [-0.15, -0.1) is 6.58 Å². The molecule has 0 N–H and O–H groups in total. The van der Waals surface area contributed by atoms with E-state index in [2.05, 4.69) is 43.8 Å². The molecule has 0 atom stereocenters. The van der Waals surface area contributed by atoms with E-state index in [0.29, 0.717) is 17.9 Å². The first kappa shape index (κ1) is 24.0. The molecule has 0 aromatic heterocycles. The van der Waals surface area contributed by atoms with Gasteiger partial charge in [0.15, 0.2) is 0 Å². The third-order valence-electron chi connectivity index (χ3n) is 9.47. The number of hydrogen-bond donors (Lipinski definition) is 0. The van der Waals surface area contributed by atoms with Crippen molar-refractivity contribution in [3.05, 3.63) is 47.8 Å². The zero-order valence-electron chi connectivity index (χ0n) is 20.7. The van der Waals surface area contributed by atoms with Gasteiger partial charge in [0.1, 0.15) is 5.82 Å². The Morgan fingerprint density at radius 2 is 1.44 bits per heavy atom. The maximum absolute atomic E-state index is 15.1. The summed E-state index contributed by atoms with van der Waals surface area (Å²) in [6, 6.07) is 6.99. The molecule has 0 amide bonds. The van der Waals surface area contributed by atoms with E-state index in [4.69, 9.17) is 0 Å². The monoisotopic (exact) mass is 439 g/mol. The molecule has 0 bridgehead atoms. The number of allylic oxidation sites excluding steroid dienone is 1. The minimum Gasteiger partial charge on any atom is -0.306 e. The Hall–Kier alpha value is -1.15. The molecule has 3 fully saturated rings. The molecule has 0 spiro atoms. The van der Waals surface area contributed by atoms with E-state index in [1.165, 1.54) is 82.6 Å². The topological polar surface area (TPSA) is 3.24 Å². The second-order valence-electron chi connectivity index (χ2n) is 11.5. The van der Waals surface area contributed by atoms with E-state index in [9.17, 15) is 0 Å². The lowest BCUT2D eigenvalue weighted by Gasteiger charge is -2.38. The molecule has 1 aromatic carbocycles. The minimum atomic E-state index is 0.0655. The third-order valence-corrected chi connectivity index (χ3v) is 9.47. The van der Waals surface area contributed by atoms with Crippen molar-refractivity contribution in [2.45, 2.75) is 108 Å². The van der Waals surface area contributed by atoms with Gasteiger partial charge in [-0.05, 0) is 138 Å². The van der Waals surface area contributed by atoms with Gasteiger partial charge < -0.3 is 4.90 Å². The first-order chi connectivity index (χ1) is 15.5. The summed E-state index contributed by atoms with van der Waals surface area (Å²) in [5.41, 5.74) is 2.24. The largest absolute Gasteiger partial charge is 0.306 e. The van der Waals surface area contributed by atoms with Crippen molar-refractivity contribution in [2.24, 2.45) is 17.8 Å². The lowest BCUT2D eigenvalue weighted by Crippen LogP contribution is -2.31. The van der Waals surface area contributed by atoms with Crippen molar-refractivity contribution in [2.75, 3.05) is 14.1 Å². The highest BCUT2D eigenvalue weighted by Crippen LogP contribution is 2.45. The van der Waals surface area contributed by atoms with Crippen molar-refractivity contribution in [1.29, 1.82) is 0 Å². The number of benzene rings is 1. The summed E-state index contributed by atoms with van der Waals surface area (Å²) >= 11 is 0. The number of halogens is 1. The highest BCUT2D eigenvalue weighted by atomic mass is 19.1. The first-order valence-corrected chi connectivity index (χ1v) is 13.6. The molecule has 3 aliphatic carbocycles. The zero-order valence-corrected chi connectivity index (χ0v) is 20.7. The van der Waals surface area contributed by atoms with Gasteiger partial charge >= 0.3 is 0 Å². The highest BCUT2D eigenvalue weighted by molar-refractivity contribution is 5.30. The van der Waals surface area contributed by atoms with Crippen LogP contribution in [0.25, 0.3) is 0 Å². The highest BCUT2D eigenvalue weighted by Gasteiger charge is 2.32. The van der Waals surface area contributed by atoms with Crippen LogP contribution < -0.4 is 0 Å². The second kappa shape index (κ2) is 11.3. The van der Waals surface area contributed by atoms with E-state index < -0.39 is 0 Å². The van der Waals surface area contributed by atoms with Crippen LogP contribution in [0.15, 0.2) is 30.9 Å². The van der Waals surface area contributed by atoms with E-state index in [1.807, 2.05) is 6.07 Å². The van der Waals surface area contributed by atoms with Crippen molar-refractivity contribution in [3.8, 4) is 0 Å². The molecular weight excluding hydrogens is 393 g/mol. The van der Waals surface area contributed by atoms with Gasteiger partial charge in [-0.3, -0.25) is 0 Å². The summed E-state index contributed by atoms with van der Waals surface area (Å²) < 4.78 is 15.1. The Morgan fingerprint density at radius 3 is 2.00 bits per heavy atom. The lowest BCUT2D eigenvalue weighted by atomic mass is 9.68. The Labute approximate surface area is 196 Å². The van der Waals surface area contributed by atoms with Crippen LogP contribution in [-0.4, -0.2) is 25.0 Å².